The van der Waals surface area contributed by atoms with Crippen molar-refractivity contribution in [3.05, 3.63) is 30.5 Å². The van der Waals surface area contributed by atoms with E-state index in [2.05, 4.69) is 22.0 Å². The normalized spacial score (nSPS) is 19.2. The largest absolute Gasteiger partial charge is 0.281 e. The Morgan fingerprint density at radius 2 is 2.04 bits per heavy atom. The van der Waals surface area contributed by atoms with Crippen molar-refractivity contribution in [3.8, 4) is 11.3 Å². The molecule has 9 heteroatoms. The Labute approximate surface area is 155 Å². The third-order valence-corrected chi connectivity index (χ3v) is 6.55. The van der Waals surface area contributed by atoms with Gasteiger partial charge in [-0.15, -0.1) is 0 Å². The molecule has 0 unspecified atom stereocenters. The summed E-state index contributed by atoms with van der Waals surface area (Å²) >= 11 is 0. The van der Waals surface area contributed by atoms with Crippen LogP contribution in [-0.4, -0.2) is 64.0 Å². The van der Waals surface area contributed by atoms with Crippen LogP contribution in [-0.2, 0) is 16.8 Å². The van der Waals surface area contributed by atoms with E-state index in [9.17, 15) is 8.42 Å². The van der Waals surface area contributed by atoms with Crippen LogP contribution in [0.15, 0.2) is 24.8 Å². The van der Waals surface area contributed by atoms with Crippen molar-refractivity contribution < 1.29 is 8.42 Å². The van der Waals surface area contributed by atoms with E-state index in [0.717, 1.165) is 42.8 Å². The van der Waals surface area contributed by atoms with Gasteiger partial charge in [-0.1, -0.05) is 6.92 Å². The van der Waals surface area contributed by atoms with Crippen LogP contribution >= 0.6 is 0 Å². The fourth-order valence-corrected chi connectivity index (χ4v) is 4.36. The molecule has 1 aliphatic heterocycles. The molecular weight excluding hydrogens is 352 g/mol. The lowest BCUT2D eigenvalue weighted by atomic mass is 9.96. The van der Waals surface area contributed by atoms with Gasteiger partial charge in [-0.25, -0.2) is 0 Å². The van der Waals surface area contributed by atoms with Gasteiger partial charge in [-0.3, -0.25) is 14.6 Å². The maximum atomic E-state index is 12.4. The Kier molecular flexibility index (Phi) is 5.69. The van der Waals surface area contributed by atoms with Crippen molar-refractivity contribution in [1.82, 2.24) is 28.4 Å². The van der Waals surface area contributed by atoms with Crippen molar-refractivity contribution in [2.75, 3.05) is 27.2 Å². The summed E-state index contributed by atoms with van der Waals surface area (Å²) in [5, 5.41) is 4.32. The van der Waals surface area contributed by atoms with Crippen molar-refractivity contribution >= 4 is 10.2 Å². The van der Waals surface area contributed by atoms with Crippen molar-refractivity contribution in [2.45, 2.75) is 38.6 Å². The highest BCUT2D eigenvalue weighted by molar-refractivity contribution is 7.86. The zero-order valence-corrected chi connectivity index (χ0v) is 16.4. The third-order valence-electron chi connectivity index (χ3n) is 4.64. The number of aryl methyl sites for hydroxylation is 1. The number of aromatic nitrogens is 4. The minimum absolute atomic E-state index is 0.0721. The molecule has 8 nitrogen and oxygen atoms in total. The molecule has 1 saturated heterocycles. The molecule has 142 valence electrons. The molecule has 0 radical (unpaired) electrons. The summed E-state index contributed by atoms with van der Waals surface area (Å²) < 4.78 is 29.4. The van der Waals surface area contributed by atoms with Crippen molar-refractivity contribution in [2.24, 2.45) is 0 Å². The smallest absolute Gasteiger partial charge is 0.272 e. The van der Waals surface area contributed by atoms with Gasteiger partial charge in [0, 0.05) is 57.6 Å². The Bertz CT molecular complexity index is 831. The topological polar surface area (TPSA) is 84.2 Å². The monoisotopic (exact) mass is 378 g/mol. The lowest BCUT2D eigenvalue weighted by molar-refractivity contribution is 0.296. The molecule has 0 N–H and O–H groups in total. The molecule has 0 bridgehead atoms. The van der Waals surface area contributed by atoms with E-state index in [4.69, 9.17) is 0 Å². The highest BCUT2D eigenvalue weighted by Gasteiger charge is 2.31. The second-order valence-corrected chi connectivity index (χ2v) is 8.95. The van der Waals surface area contributed by atoms with E-state index < -0.39 is 10.2 Å². The Hall–Kier alpha value is -1.84. The summed E-state index contributed by atoms with van der Waals surface area (Å²) in [6, 6.07) is 0. The molecule has 1 fully saturated rings. The maximum absolute atomic E-state index is 12.4. The van der Waals surface area contributed by atoms with E-state index in [1.165, 1.54) is 8.61 Å². The van der Waals surface area contributed by atoms with Gasteiger partial charge in [0.1, 0.15) is 0 Å². The zero-order chi connectivity index (χ0) is 18.7. The first-order chi connectivity index (χ1) is 12.4. The molecule has 0 amide bonds. The molecule has 26 heavy (non-hydrogen) atoms. The van der Waals surface area contributed by atoms with Crippen LogP contribution in [0.4, 0.5) is 0 Å². The summed E-state index contributed by atoms with van der Waals surface area (Å²) in [6.45, 7) is 3.99. The summed E-state index contributed by atoms with van der Waals surface area (Å²) in [7, 11) is -0.264. The predicted molar refractivity (Wildman–Crippen MR) is 99.7 cm³/mol. The first-order valence-corrected chi connectivity index (χ1v) is 10.3. The number of hydrogen-bond acceptors (Lipinski definition) is 5. The van der Waals surface area contributed by atoms with E-state index in [0.29, 0.717) is 13.1 Å². The second kappa shape index (κ2) is 7.81. The first-order valence-electron chi connectivity index (χ1n) is 8.94. The summed E-state index contributed by atoms with van der Waals surface area (Å²) in [4.78, 5) is 9.09. The molecular formula is C17H26N6O2S. The average Bonchev–Trinajstić information content (AvgIpc) is 3.11. The molecule has 2 aromatic rings. The minimum Gasteiger partial charge on any atom is -0.272 e. The fraction of sp³-hybridized carbons (Fsp3) is 0.588. The van der Waals surface area contributed by atoms with Crippen LogP contribution in [0.2, 0.25) is 0 Å². The number of rotatable bonds is 6. The van der Waals surface area contributed by atoms with Crippen LogP contribution in [0.3, 0.4) is 0 Å². The van der Waals surface area contributed by atoms with E-state index in [1.807, 2.05) is 10.9 Å². The Morgan fingerprint density at radius 3 is 2.69 bits per heavy atom. The van der Waals surface area contributed by atoms with E-state index >= 15 is 0 Å². The lowest BCUT2D eigenvalue weighted by Crippen LogP contribution is -2.45. The molecule has 2 aromatic heterocycles. The molecule has 1 aliphatic rings. The van der Waals surface area contributed by atoms with Gasteiger partial charge in [0.05, 0.1) is 23.8 Å². The number of nitrogens with zero attached hydrogens (tertiary/aromatic N) is 6. The highest BCUT2D eigenvalue weighted by atomic mass is 32.2. The first kappa shape index (κ1) is 18.9. The number of hydrogen-bond donors (Lipinski definition) is 0. The maximum Gasteiger partial charge on any atom is 0.281 e. The van der Waals surface area contributed by atoms with Gasteiger partial charge in [-0.05, 0) is 19.3 Å². The van der Waals surface area contributed by atoms with Crippen LogP contribution in [0.25, 0.3) is 11.3 Å². The highest BCUT2D eigenvalue weighted by Crippen LogP contribution is 2.28. The molecule has 3 heterocycles. The van der Waals surface area contributed by atoms with Gasteiger partial charge >= 0.3 is 0 Å². The standard InChI is InChI=1S/C17H26N6O2S/c1-4-7-22-12-15(9-20-22)17-11-18-16(10-19-17)14-6-5-8-23(13-14)26(24,25)21(2)3/h9-12,14H,4-8,13H2,1-3H3/t14-/m0/s1. The number of piperidine rings is 1. The molecule has 3 rings (SSSR count). The molecule has 0 saturated carbocycles. The lowest BCUT2D eigenvalue weighted by Gasteiger charge is -2.33. The third kappa shape index (κ3) is 3.94. The van der Waals surface area contributed by atoms with Crippen molar-refractivity contribution in [1.29, 1.82) is 0 Å². The van der Waals surface area contributed by atoms with Crippen LogP contribution in [0.5, 0.6) is 0 Å². The van der Waals surface area contributed by atoms with Crippen LogP contribution in [0.1, 0.15) is 37.8 Å². The summed E-state index contributed by atoms with van der Waals surface area (Å²) in [5.41, 5.74) is 2.57. The SMILES string of the molecule is CCCn1cc(-c2cnc([C@H]3CCCN(S(=O)(=O)N(C)C)C3)cn2)cn1. The molecule has 0 aromatic carbocycles. The van der Waals surface area contributed by atoms with Crippen molar-refractivity contribution in [3.63, 3.8) is 0 Å². The van der Waals surface area contributed by atoms with Gasteiger partial charge in [-0.2, -0.15) is 22.1 Å². The summed E-state index contributed by atoms with van der Waals surface area (Å²) in [5.74, 6) is 0.0721. The Balaban J connectivity index is 1.73. The molecule has 0 aliphatic carbocycles. The summed E-state index contributed by atoms with van der Waals surface area (Å²) in [6.07, 6.45) is 10.1. The minimum atomic E-state index is -3.39. The van der Waals surface area contributed by atoms with Crippen LogP contribution in [0, 0.1) is 0 Å². The van der Waals surface area contributed by atoms with Gasteiger partial charge in [0.15, 0.2) is 0 Å². The molecule has 0 spiro atoms. The Morgan fingerprint density at radius 1 is 1.23 bits per heavy atom. The van der Waals surface area contributed by atoms with Gasteiger partial charge < -0.3 is 0 Å². The predicted octanol–water partition coefficient (Wildman–Crippen LogP) is 1.74. The van der Waals surface area contributed by atoms with Crippen LogP contribution < -0.4 is 0 Å². The van der Waals surface area contributed by atoms with E-state index in [1.54, 1.807) is 32.7 Å². The quantitative estimate of drug-likeness (QED) is 0.764. The van der Waals surface area contributed by atoms with Gasteiger partial charge in [0.2, 0.25) is 0 Å². The zero-order valence-electron chi connectivity index (χ0n) is 15.5. The molecule has 1 atom stereocenters. The second-order valence-electron chi connectivity index (χ2n) is 6.81. The van der Waals surface area contributed by atoms with E-state index in [-0.39, 0.29) is 5.92 Å². The van der Waals surface area contributed by atoms with Gasteiger partial charge in [0.25, 0.3) is 10.2 Å². The fourth-order valence-electron chi connectivity index (χ4n) is 3.17. The average molecular weight is 379 g/mol.